The van der Waals surface area contributed by atoms with Crippen LogP contribution in [0.15, 0.2) is 61.2 Å². The van der Waals surface area contributed by atoms with E-state index in [4.69, 9.17) is 0 Å². The molecule has 2 aromatic carbocycles. The number of benzene rings is 2. The summed E-state index contributed by atoms with van der Waals surface area (Å²) < 4.78 is 2.15. The Bertz CT molecular complexity index is 772. The average molecular weight is 288 g/mol. The fourth-order valence-electron chi connectivity index (χ4n) is 3.40. The fourth-order valence-corrected chi connectivity index (χ4v) is 3.40. The molecule has 0 bridgehead atoms. The first-order valence-electron chi connectivity index (χ1n) is 8.06. The molecule has 1 aromatic heterocycles. The van der Waals surface area contributed by atoms with Crippen molar-refractivity contribution in [1.82, 2.24) is 9.55 Å². The molecule has 2 heteroatoms. The summed E-state index contributed by atoms with van der Waals surface area (Å²) in [5.41, 5.74) is 7.28. The van der Waals surface area contributed by atoms with Gasteiger partial charge in [0.1, 0.15) is 0 Å². The van der Waals surface area contributed by atoms with Crippen molar-refractivity contribution in [1.29, 1.82) is 0 Å². The summed E-state index contributed by atoms with van der Waals surface area (Å²) >= 11 is 0. The van der Waals surface area contributed by atoms with Crippen molar-refractivity contribution >= 4 is 0 Å². The summed E-state index contributed by atoms with van der Waals surface area (Å²) in [5, 5.41) is 0. The van der Waals surface area contributed by atoms with Crippen molar-refractivity contribution in [2.45, 2.75) is 32.2 Å². The molecule has 0 N–H and O–H groups in total. The van der Waals surface area contributed by atoms with Gasteiger partial charge in [-0.1, -0.05) is 42.5 Å². The Morgan fingerprint density at radius 2 is 1.86 bits per heavy atom. The second-order valence-electron chi connectivity index (χ2n) is 6.08. The zero-order chi connectivity index (χ0) is 14.8. The summed E-state index contributed by atoms with van der Waals surface area (Å²) in [6, 6.07) is 15.8. The second kappa shape index (κ2) is 5.80. The van der Waals surface area contributed by atoms with Gasteiger partial charge in [0, 0.05) is 18.9 Å². The van der Waals surface area contributed by atoms with E-state index in [0.29, 0.717) is 0 Å². The average Bonchev–Trinajstić information content (AvgIpc) is 3.18. The summed E-state index contributed by atoms with van der Waals surface area (Å²) in [6.45, 7) is 1.07. The van der Waals surface area contributed by atoms with Gasteiger partial charge >= 0.3 is 0 Å². The summed E-state index contributed by atoms with van der Waals surface area (Å²) in [7, 11) is 0. The maximum atomic E-state index is 4.08. The second-order valence-corrected chi connectivity index (χ2v) is 6.08. The van der Waals surface area contributed by atoms with Crippen molar-refractivity contribution in [3.63, 3.8) is 0 Å². The molecule has 0 aliphatic heterocycles. The molecule has 1 aliphatic rings. The Balaban J connectivity index is 1.39. The van der Waals surface area contributed by atoms with Crippen molar-refractivity contribution in [3.05, 3.63) is 77.9 Å². The Hall–Kier alpha value is -2.35. The Kier molecular flexibility index (Phi) is 3.51. The van der Waals surface area contributed by atoms with Crippen LogP contribution in [0.2, 0.25) is 0 Å². The molecule has 0 unspecified atom stereocenters. The molecular formula is C20H20N2. The smallest absolute Gasteiger partial charge is 0.0945 e. The van der Waals surface area contributed by atoms with Crippen LogP contribution in [0.4, 0.5) is 0 Å². The monoisotopic (exact) mass is 288 g/mol. The lowest BCUT2D eigenvalue weighted by Gasteiger charge is -2.06. The first-order valence-corrected chi connectivity index (χ1v) is 8.06. The largest absolute Gasteiger partial charge is 0.337 e. The SMILES string of the molecule is c1ccc2c(c1)Cc1cc(CCCCn3ccnc3)ccc1-2. The maximum absolute atomic E-state index is 4.08. The molecule has 3 aromatic rings. The maximum Gasteiger partial charge on any atom is 0.0945 e. The molecule has 0 fully saturated rings. The van der Waals surface area contributed by atoms with Crippen LogP contribution in [0, 0.1) is 0 Å². The van der Waals surface area contributed by atoms with Crippen molar-refractivity contribution in [2.75, 3.05) is 0 Å². The van der Waals surface area contributed by atoms with Gasteiger partial charge in [-0.2, -0.15) is 0 Å². The van der Waals surface area contributed by atoms with Crippen LogP contribution in [0.25, 0.3) is 11.1 Å². The van der Waals surface area contributed by atoms with Gasteiger partial charge in [0.2, 0.25) is 0 Å². The van der Waals surface area contributed by atoms with E-state index in [1.807, 2.05) is 18.7 Å². The molecule has 2 nitrogen and oxygen atoms in total. The topological polar surface area (TPSA) is 17.8 Å². The van der Waals surface area contributed by atoms with Crippen LogP contribution in [0.3, 0.4) is 0 Å². The van der Waals surface area contributed by atoms with Crippen LogP contribution >= 0.6 is 0 Å². The summed E-state index contributed by atoms with van der Waals surface area (Å²) in [5.74, 6) is 0. The zero-order valence-corrected chi connectivity index (χ0v) is 12.7. The van der Waals surface area contributed by atoms with Crippen molar-refractivity contribution < 1.29 is 0 Å². The molecular weight excluding hydrogens is 268 g/mol. The van der Waals surface area contributed by atoms with Crippen molar-refractivity contribution in [2.24, 2.45) is 0 Å². The predicted molar refractivity (Wildman–Crippen MR) is 89.8 cm³/mol. The van der Waals surface area contributed by atoms with Gasteiger partial charge in [-0.3, -0.25) is 0 Å². The van der Waals surface area contributed by atoms with Gasteiger partial charge in [0.25, 0.3) is 0 Å². The predicted octanol–water partition coefficient (Wildman–Crippen LogP) is 4.48. The van der Waals surface area contributed by atoms with Gasteiger partial charge in [-0.25, -0.2) is 4.98 Å². The Morgan fingerprint density at radius 3 is 2.77 bits per heavy atom. The molecule has 0 saturated carbocycles. The lowest BCUT2D eigenvalue weighted by atomic mass is 10.0. The number of hydrogen-bond donors (Lipinski definition) is 0. The number of unbranched alkanes of at least 4 members (excludes halogenated alkanes) is 1. The number of aryl methyl sites for hydroxylation is 2. The number of fused-ring (bicyclic) bond motifs is 3. The van der Waals surface area contributed by atoms with Gasteiger partial charge in [-0.05, 0) is 53.5 Å². The third kappa shape index (κ3) is 2.57. The van der Waals surface area contributed by atoms with Crippen LogP contribution in [-0.4, -0.2) is 9.55 Å². The standard InChI is InChI=1S/C20H20N2/c1-2-7-19-17(6-1)14-18-13-16(8-9-20(18)19)5-3-4-11-22-12-10-21-15-22/h1-2,6-10,12-13,15H,3-5,11,14H2. The first-order chi connectivity index (χ1) is 10.9. The van der Waals surface area contributed by atoms with E-state index >= 15 is 0 Å². The highest BCUT2D eigenvalue weighted by Gasteiger charge is 2.17. The lowest BCUT2D eigenvalue weighted by Crippen LogP contribution is -1.96. The molecule has 1 aliphatic carbocycles. The minimum absolute atomic E-state index is 1.07. The molecule has 0 saturated heterocycles. The quantitative estimate of drug-likeness (QED) is 0.495. The molecule has 0 radical (unpaired) electrons. The van der Waals surface area contributed by atoms with E-state index in [9.17, 15) is 0 Å². The van der Waals surface area contributed by atoms with E-state index in [1.54, 1.807) is 0 Å². The minimum Gasteiger partial charge on any atom is -0.337 e. The lowest BCUT2D eigenvalue weighted by molar-refractivity contribution is 0.609. The highest BCUT2D eigenvalue weighted by atomic mass is 15.0. The van der Waals surface area contributed by atoms with Crippen LogP contribution in [-0.2, 0) is 19.4 Å². The zero-order valence-electron chi connectivity index (χ0n) is 12.7. The van der Waals surface area contributed by atoms with E-state index < -0.39 is 0 Å². The van der Waals surface area contributed by atoms with Gasteiger partial charge in [-0.15, -0.1) is 0 Å². The van der Waals surface area contributed by atoms with E-state index in [-0.39, 0.29) is 0 Å². The Morgan fingerprint density at radius 1 is 0.955 bits per heavy atom. The fraction of sp³-hybridized carbons (Fsp3) is 0.250. The van der Waals surface area contributed by atoms with Crippen molar-refractivity contribution in [3.8, 4) is 11.1 Å². The Labute approximate surface area is 131 Å². The molecule has 1 heterocycles. The highest BCUT2D eigenvalue weighted by Crippen LogP contribution is 2.36. The molecule has 0 amide bonds. The summed E-state index contributed by atoms with van der Waals surface area (Å²) in [6.07, 6.45) is 10.5. The number of rotatable bonds is 5. The third-order valence-electron chi connectivity index (χ3n) is 4.55. The summed E-state index contributed by atoms with van der Waals surface area (Å²) in [4.78, 5) is 4.08. The van der Waals surface area contributed by atoms with Gasteiger partial charge < -0.3 is 4.57 Å². The first kappa shape index (κ1) is 13.3. The minimum atomic E-state index is 1.07. The molecule has 4 rings (SSSR count). The number of aromatic nitrogens is 2. The van der Waals surface area contributed by atoms with Crippen LogP contribution in [0.1, 0.15) is 29.5 Å². The van der Waals surface area contributed by atoms with E-state index in [2.05, 4.69) is 52.0 Å². The highest BCUT2D eigenvalue weighted by molar-refractivity contribution is 5.76. The third-order valence-corrected chi connectivity index (χ3v) is 4.55. The van der Waals surface area contributed by atoms with Crippen LogP contribution < -0.4 is 0 Å². The van der Waals surface area contributed by atoms with E-state index in [0.717, 1.165) is 13.0 Å². The molecule has 0 atom stereocenters. The number of imidazole rings is 1. The number of hydrogen-bond acceptors (Lipinski definition) is 1. The van der Waals surface area contributed by atoms with Gasteiger partial charge in [0.15, 0.2) is 0 Å². The normalized spacial score (nSPS) is 12.2. The van der Waals surface area contributed by atoms with E-state index in [1.165, 1.54) is 47.1 Å². The molecule has 0 spiro atoms. The molecule has 110 valence electrons. The van der Waals surface area contributed by atoms with Crippen LogP contribution in [0.5, 0.6) is 0 Å². The number of nitrogens with zero attached hydrogens (tertiary/aromatic N) is 2. The molecule has 22 heavy (non-hydrogen) atoms. The van der Waals surface area contributed by atoms with Gasteiger partial charge in [0.05, 0.1) is 6.33 Å².